The summed E-state index contributed by atoms with van der Waals surface area (Å²) in [5, 5.41) is 3.79. The Morgan fingerprint density at radius 1 is 1.25 bits per heavy atom. The highest BCUT2D eigenvalue weighted by Gasteiger charge is 2.09. The molecule has 20 heavy (non-hydrogen) atoms. The van der Waals surface area contributed by atoms with Crippen molar-refractivity contribution in [2.24, 2.45) is 5.92 Å². The van der Waals surface area contributed by atoms with E-state index < -0.39 is 0 Å². The van der Waals surface area contributed by atoms with Crippen LogP contribution in [0.1, 0.15) is 30.5 Å². The monoisotopic (exact) mass is 272 g/mol. The van der Waals surface area contributed by atoms with Crippen LogP contribution in [-0.2, 0) is 11.3 Å². The predicted octanol–water partition coefficient (Wildman–Crippen LogP) is 2.42. The second-order valence-electron chi connectivity index (χ2n) is 5.54. The number of benzene rings is 1. The minimum Gasteiger partial charge on any atom is -0.352 e. The quantitative estimate of drug-likeness (QED) is 0.901. The minimum absolute atomic E-state index is 0.0508. The van der Waals surface area contributed by atoms with Crippen molar-refractivity contribution in [2.45, 2.75) is 34.2 Å². The first-order valence-corrected chi connectivity index (χ1v) is 6.79. The van der Waals surface area contributed by atoms with Crippen LogP contribution >= 0.6 is 0 Å². The molecule has 0 aliphatic carbocycles. The van der Waals surface area contributed by atoms with Gasteiger partial charge in [0.1, 0.15) is 0 Å². The van der Waals surface area contributed by atoms with Crippen LogP contribution in [0, 0.1) is 19.8 Å². The van der Waals surface area contributed by atoms with E-state index in [1.165, 1.54) is 0 Å². The van der Waals surface area contributed by atoms with Gasteiger partial charge < -0.3 is 10.3 Å². The number of aromatic nitrogens is 1. The second kappa shape index (κ2) is 5.49. The fourth-order valence-electron chi connectivity index (χ4n) is 2.23. The summed E-state index contributed by atoms with van der Waals surface area (Å²) < 4.78 is 0. The maximum atomic E-state index is 12.0. The van der Waals surface area contributed by atoms with Crippen LogP contribution in [-0.4, -0.2) is 10.9 Å². The molecule has 0 spiro atoms. The molecular weight excluding hydrogens is 252 g/mol. The Bertz CT molecular complexity index is 714. The van der Waals surface area contributed by atoms with E-state index in [0.29, 0.717) is 5.56 Å². The third-order valence-corrected chi connectivity index (χ3v) is 3.37. The first-order chi connectivity index (χ1) is 9.38. The first kappa shape index (κ1) is 14.3. The van der Waals surface area contributed by atoms with Crippen LogP contribution < -0.4 is 10.9 Å². The molecule has 0 atom stereocenters. The Morgan fingerprint density at radius 2 is 1.95 bits per heavy atom. The number of rotatable bonds is 3. The number of H-pyrrole nitrogens is 1. The SMILES string of the molecule is Cc1cc(C)c2cc(CNC(=O)C(C)C)c(=O)[nH]c2c1. The number of amides is 1. The molecule has 1 amide bonds. The summed E-state index contributed by atoms with van der Waals surface area (Å²) in [4.78, 5) is 26.5. The zero-order valence-corrected chi connectivity index (χ0v) is 12.3. The van der Waals surface area contributed by atoms with E-state index in [9.17, 15) is 9.59 Å². The molecule has 1 aromatic heterocycles. The summed E-state index contributed by atoms with van der Waals surface area (Å²) in [6.07, 6.45) is 0. The third-order valence-electron chi connectivity index (χ3n) is 3.37. The molecule has 0 fully saturated rings. The van der Waals surface area contributed by atoms with Gasteiger partial charge in [-0.2, -0.15) is 0 Å². The molecule has 0 bridgehead atoms. The van der Waals surface area contributed by atoms with Crippen molar-refractivity contribution < 1.29 is 4.79 Å². The summed E-state index contributed by atoms with van der Waals surface area (Å²) >= 11 is 0. The van der Waals surface area contributed by atoms with Gasteiger partial charge in [-0.1, -0.05) is 19.9 Å². The summed E-state index contributed by atoms with van der Waals surface area (Å²) in [5.74, 6) is -0.135. The van der Waals surface area contributed by atoms with Crippen molar-refractivity contribution in [3.8, 4) is 0 Å². The molecule has 0 aliphatic rings. The molecule has 0 saturated carbocycles. The topological polar surface area (TPSA) is 62.0 Å². The number of fused-ring (bicyclic) bond motifs is 1. The van der Waals surface area contributed by atoms with Gasteiger partial charge in [-0.15, -0.1) is 0 Å². The highest BCUT2D eigenvalue weighted by atomic mass is 16.2. The first-order valence-electron chi connectivity index (χ1n) is 6.79. The van der Waals surface area contributed by atoms with E-state index in [0.717, 1.165) is 22.0 Å². The smallest absolute Gasteiger partial charge is 0.253 e. The van der Waals surface area contributed by atoms with Gasteiger partial charge in [-0.25, -0.2) is 0 Å². The molecule has 2 aromatic rings. The summed E-state index contributed by atoms with van der Waals surface area (Å²) in [6, 6.07) is 5.90. The highest BCUT2D eigenvalue weighted by Crippen LogP contribution is 2.18. The molecule has 2 rings (SSSR count). The van der Waals surface area contributed by atoms with Gasteiger partial charge in [0, 0.05) is 28.9 Å². The van der Waals surface area contributed by atoms with Gasteiger partial charge in [0.15, 0.2) is 0 Å². The number of pyridine rings is 1. The van der Waals surface area contributed by atoms with E-state index in [-0.39, 0.29) is 23.9 Å². The molecule has 4 heteroatoms. The van der Waals surface area contributed by atoms with E-state index in [4.69, 9.17) is 0 Å². The molecule has 0 unspecified atom stereocenters. The number of aryl methyl sites for hydroxylation is 2. The van der Waals surface area contributed by atoms with Crippen molar-refractivity contribution in [1.29, 1.82) is 0 Å². The molecule has 0 radical (unpaired) electrons. The number of hydrogen-bond donors (Lipinski definition) is 2. The van der Waals surface area contributed by atoms with E-state index >= 15 is 0 Å². The molecule has 106 valence electrons. The van der Waals surface area contributed by atoms with Gasteiger partial charge in [-0.3, -0.25) is 9.59 Å². The van der Waals surface area contributed by atoms with Crippen molar-refractivity contribution >= 4 is 16.8 Å². The number of hydrogen-bond acceptors (Lipinski definition) is 2. The van der Waals surface area contributed by atoms with Crippen molar-refractivity contribution in [3.63, 3.8) is 0 Å². The van der Waals surface area contributed by atoms with E-state index in [1.807, 2.05) is 39.8 Å². The lowest BCUT2D eigenvalue weighted by Gasteiger charge is -2.09. The van der Waals surface area contributed by atoms with Crippen molar-refractivity contribution in [2.75, 3.05) is 0 Å². The van der Waals surface area contributed by atoms with Crippen LogP contribution in [0.2, 0.25) is 0 Å². The maximum Gasteiger partial charge on any atom is 0.253 e. The van der Waals surface area contributed by atoms with Crippen molar-refractivity contribution in [3.05, 3.63) is 45.2 Å². The lowest BCUT2D eigenvalue weighted by Crippen LogP contribution is -2.29. The Labute approximate surface area is 118 Å². The van der Waals surface area contributed by atoms with E-state index in [2.05, 4.69) is 16.4 Å². The molecule has 0 saturated heterocycles. The fraction of sp³-hybridized carbons (Fsp3) is 0.375. The van der Waals surface area contributed by atoms with Gasteiger partial charge >= 0.3 is 0 Å². The van der Waals surface area contributed by atoms with E-state index in [1.54, 1.807) is 0 Å². The molecule has 2 N–H and O–H groups in total. The predicted molar refractivity (Wildman–Crippen MR) is 80.7 cm³/mol. The van der Waals surface area contributed by atoms with Gasteiger partial charge in [0.25, 0.3) is 5.56 Å². The fourth-order valence-corrected chi connectivity index (χ4v) is 2.23. The Morgan fingerprint density at radius 3 is 2.60 bits per heavy atom. The Balaban J connectivity index is 2.38. The van der Waals surface area contributed by atoms with Crippen molar-refractivity contribution in [1.82, 2.24) is 10.3 Å². The summed E-state index contributed by atoms with van der Waals surface area (Å²) in [6.45, 7) is 7.93. The number of carbonyl (C=O) groups excluding carboxylic acids is 1. The number of carbonyl (C=O) groups is 1. The zero-order chi connectivity index (χ0) is 14.9. The van der Waals surface area contributed by atoms with Gasteiger partial charge in [-0.05, 0) is 37.1 Å². The van der Waals surface area contributed by atoms with Gasteiger partial charge in [0.2, 0.25) is 5.91 Å². The van der Waals surface area contributed by atoms with Gasteiger partial charge in [0.05, 0.1) is 0 Å². The van der Waals surface area contributed by atoms with Crippen LogP contribution in [0.25, 0.3) is 10.9 Å². The average molecular weight is 272 g/mol. The number of aromatic amines is 1. The Kier molecular flexibility index (Phi) is 3.93. The standard InChI is InChI=1S/C16H20N2O2/c1-9(2)15(19)17-8-12-7-13-11(4)5-10(3)6-14(13)18-16(12)20/h5-7,9H,8H2,1-4H3,(H,17,19)(H,18,20). The number of nitrogens with one attached hydrogen (secondary N) is 2. The Hall–Kier alpha value is -2.10. The average Bonchev–Trinajstić information content (AvgIpc) is 2.35. The highest BCUT2D eigenvalue weighted by molar-refractivity contribution is 5.83. The molecule has 1 heterocycles. The lowest BCUT2D eigenvalue weighted by atomic mass is 10.0. The maximum absolute atomic E-state index is 12.0. The normalized spacial score (nSPS) is 11.1. The molecule has 1 aromatic carbocycles. The van der Waals surface area contributed by atoms with Crippen LogP contribution in [0.5, 0.6) is 0 Å². The second-order valence-corrected chi connectivity index (χ2v) is 5.54. The summed E-state index contributed by atoms with van der Waals surface area (Å²) in [5.41, 5.74) is 3.51. The third kappa shape index (κ3) is 2.90. The lowest BCUT2D eigenvalue weighted by molar-refractivity contribution is -0.124. The van der Waals surface area contributed by atoms with Crippen LogP contribution in [0.3, 0.4) is 0 Å². The molecule has 0 aliphatic heterocycles. The van der Waals surface area contributed by atoms with Crippen LogP contribution in [0.4, 0.5) is 0 Å². The summed E-state index contributed by atoms with van der Waals surface area (Å²) in [7, 11) is 0. The molecular formula is C16H20N2O2. The van der Waals surface area contributed by atoms with Crippen LogP contribution in [0.15, 0.2) is 23.0 Å². The molecule has 4 nitrogen and oxygen atoms in total. The minimum atomic E-state index is -0.147. The largest absolute Gasteiger partial charge is 0.352 e. The zero-order valence-electron chi connectivity index (χ0n) is 12.3.